The van der Waals surface area contributed by atoms with Crippen LogP contribution in [-0.2, 0) is 6.54 Å². The summed E-state index contributed by atoms with van der Waals surface area (Å²) in [6.45, 7) is 5.10. The number of aromatic nitrogens is 2. The summed E-state index contributed by atoms with van der Waals surface area (Å²) in [6, 6.07) is 2.07. The molecule has 0 saturated carbocycles. The number of likely N-dealkylation sites (N-methyl/N-ethyl adjacent to an activating group) is 1. The van der Waals surface area contributed by atoms with E-state index in [0.29, 0.717) is 0 Å². The van der Waals surface area contributed by atoms with E-state index in [1.807, 2.05) is 7.05 Å². The van der Waals surface area contributed by atoms with Crippen LogP contribution in [0.1, 0.15) is 5.69 Å². The SMILES string of the molecule is CNCc1cc(N2CCN(C)CC2)ncn1. The van der Waals surface area contributed by atoms with E-state index in [1.54, 1.807) is 6.33 Å². The molecule has 0 radical (unpaired) electrons. The Hall–Kier alpha value is -1.20. The van der Waals surface area contributed by atoms with Gasteiger partial charge in [0.1, 0.15) is 12.1 Å². The number of hydrogen-bond donors (Lipinski definition) is 1. The summed E-state index contributed by atoms with van der Waals surface area (Å²) in [6.07, 6.45) is 1.65. The third kappa shape index (κ3) is 2.68. The van der Waals surface area contributed by atoms with Crippen molar-refractivity contribution in [1.29, 1.82) is 0 Å². The highest BCUT2D eigenvalue weighted by Crippen LogP contribution is 2.13. The Morgan fingerprint density at radius 3 is 2.69 bits per heavy atom. The quantitative estimate of drug-likeness (QED) is 0.775. The van der Waals surface area contributed by atoms with Crippen LogP contribution >= 0.6 is 0 Å². The van der Waals surface area contributed by atoms with Crippen LogP contribution < -0.4 is 10.2 Å². The first kappa shape index (κ1) is 11.3. The first-order chi connectivity index (χ1) is 7.79. The van der Waals surface area contributed by atoms with Gasteiger partial charge in [-0.2, -0.15) is 0 Å². The fraction of sp³-hybridized carbons (Fsp3) is 0.636. The van der Waals surface area contributed by atoms with Gasteiger partial charge in [0.25, 0.3) is 0 Å². The smallest absolute Gasteiger partial charge is 0.132 e. The second kappa shape index (κ2) is 5.23. The van der Waals surface area contributed by atoms with Crippen molar-refractivity contribution in [2.45, 2.75) is 6.54 Å². The van der Waals surface area contributed by atoms with Crippen molar-refractivity contribution in [2.24, 2.45) is 0 Å². The van der Waals surface area contributed by atoms with E-state index in [2.05, 4.69) is 38.2 Å². The third-order valence-corrected chi connectivity index (χ3v) is 2.89. The van der Waals surface area contributed by atoms with E-state index in [-0.39, 0.29) is 0 Å². The molecule has 5 heteroatoms. The number of anilines is 1. The van der Waals surface area contributed by atoms with Crippen molar-refractivity contribution in [1.82, 2.24) is 20.2 Å². The largest absolute Gasteiger partial charge is 0.354 e. The topological polar surface area (TPSA) is 44.3 Å². The van der Waals surface area contributed by atoms with Crippen molar-refractivity contribution in [3.05, 3.63) is 18.1 Å². The molecule has 0 aromatic carbocycles. The first-order valence-corrected chi connectivity index (χ1v) is 5.68. The lowest BCUT2D eigenvalue weighted by Gasteiger charge is -2.33. The highest BCUT2D eigenvalue weighted by Gasteiger charge is 2.15. The molecule has 88 valence electrons. The van der Waals surface area contributed by atoms with Crippen LogP contribution in [0.3, 0.4) is 0 Å². The van der Waals surface area contributed by atoms with Crippen molar-refractivity contribution in [3.63, 3.8) is 0 Å². The first-order valence-electron chi connectivity index (χ1n) is 5.68. The molecule has 16 heavy (non-hydrogen) atoms. The van der Waals surface area contributed by atoms with Crippen LogP contribution in [0.2, 0.25) is 0 Å². The van der Waals surface area contributed by atoms with Gasteiger partial charge < -0.3 is 15.1 Å². The van der Waals surface area contributed by atoms with E-state index in [0.717, 1.165) is 44.2 Å². The van der Waals surface area contributed by atoms with Crippen molar-refractivity contribution >= 4 is 5.82 Å². The van der Waals surface area contributed by atoms with Crippen LogP contribution in [-0.4, -0.2) is 55.1 Å². The van der Waals surface area contributed by atoms with Gasteiger partial charge in [0.15, 0.2) is 0 Å². The second-order valence-electron chi connectivity index (χ2n) is 4.19. The second-order valence-corrected chi connectivity index (χ2v) is 4.19. The molecule has 0 aliphatic carbocycles. The van der Waals surface area contributed by atoms with Crippen LogP contribution in [0.5, 0.6) is 0 Å². The van der Waals surface area contributed by atoms with Gasteiger partial charge in [-0.3, -0.25) is 0 Å². The summed E-state index contributed by atoms with van der Waals surface area (Å²) in [5, 5.41) is 3.10. The number of hydrogen-bond acceptors (Lipinski definition) is 5. The molecular formula is C11H19N5. The zero-order valence-corrected chi connectivity index (χ0v) is 9.98. The Kier molecular flexibility index (Phi) is 3.69. The predicted molar refractivity (Wildman–Crippen MR) is 64.5 cm³/mol. The van der Waals surface area contributed by atoms with E-state index in [1.165, 1.54) is 0 Å². The lowest BCUT2D eigenvalue weighted by atomic mass is 10.3. The fourth-order valence-corrected chi connectivity index (χ4v) is 1.87. The number of nitrogens with one attached hydrogen (secondary N) is 1. The third-order valence-electron chi connectivity index (χ3n) is 2.89. The molecule has 0 spiro atoms. The normalized spacial score (nSPS) is 17.8. The monoisotopic (exact) mass is 221 g/mol. The lowest BCUT2D eigenvalue weighted by Crippen LogP contribution is -2.44. The summed E-state index contributed by atoms with van der Waals surface area (Å²) in [5.41, 5.74) is 1.05. The molecule has 1 aromatic rings. The standard InChI is InChI=1S/C11H19N5/c1-12-8-10-7-11(14-9-13-10)16-5-3-15(2)4-6-16/h7,9,12H,3-6,8H2,1-2H3. The molecule has 0 bridgehead atoms. The molecule has 0 unspecified atom stereocenters. The minimum absolute atomic E-state index is 0.795. The summed E-state index contributed by atoms with van der Waals surface area (Å²) < 4.78 is 0. The van der Waals surface area contributed by atoms with Gasteiger partial charge in [-0.25, -0.2) is 9.97 Å². The van der Waals surface area contributed by atoms with Crippen LogP contribution in [0.25, 0.3) is 0 Å². The van der Waals surface area contributed by atoms with Crippen molar-refractivity contribution < 1.29 is 0 Å². The molecule has 0 atom stereocenters. The van der Waals surface area contributed by atoms with Crippen LogP contribution in [0.4, 0.5) is 5.82 Å². The van der Waals surface area contributed by atoms with Gasteiger partial charge in [-0.1, -0.05) is 0 Å². The van der Waals surface area contributed by atoms with Crippen molar-refractivity contribution in [2.75, 3.05) is 45.2 Å². The zero-order chi connectivity index (χ0) is 11.4. The Morgan fingerprint density at radius 2 is 2.00 bits per heavy atom. The van der Waals surface area contributed by atoms with Crippen LogP contribution in [0.15, 0.2) is 12.4 Å². The highest BCUT2D eigenvalue weighted by molar-refractivity contribution is 5.39. The summed E-state index contributed by atoms with van der Waals surface area (Å²) in [7, 11) is 4.08. The molecule has 1 fully saturated rings. The predicted octanol–water partition coefficient (Wildman–Crippen LogP) is -0.0522. The van der Waals surface area contributed by atoms with Gasteiger partial charge >= 0.3 is 0 Å². The summed E-state index contributed by atoms with van der Waals surface area (Å²) in [5.74, 6) is 1.05. The Bertz CT molecular complexity index is 333. The van der Waals surface area contributed by atoms with Crippen LogP contribution in [0, 0.1) is 0 Å². The molecule has 2 rings (SSSR count). The Labute approximate surface area is 96.5 Å². The van der Waals surface area contributed by atoms with Gasteiger partial charge in [-0.05, 0) is 14.1 Å². The Balaban J connectivity index is 2.05. The molecule has 1 N–H and O–H groups in total. The number of rotatable bonds is 3. The molecule has 1 aliphatic heterocycles. The molecule has 1 saturated heterocycles. The molecule has 1 aromatic heterocycles. The van der Waals surface area contributed by atoms with Crippen molar-refractivity contribution in [3.8, 4) is 0 Å². The maximum Gasteiger partial charge on any atom is 0.132 e. The average Bonchev–Trinajstić information content (AvgIpc) is 2.31. The molecule has 0 amide bonds. The molecule has 2 heterocycles. The Morgan fingerprint density at radius 1 is 1.25 bits per heavy atom. The summed E-state index contributed by atoms with van der Waals surface area (Å²) >= 11 is 0. The highest BCUT2D eigenvalue weighted by atomic mass is 15.3. The van der Waals surface area contributed by atoms with E-state index in [9.17, 15) is 0 Å². The minimum atomic E-state index is 0.795. The average molecular weight is 221 g/mol. The zero-order valence-electron chi connectivity index (χ0n) is 9.98. The van der Waals surface area contributed by atoms with E-state index in [4.69, 9.17) is 0 Å². The maximum absolute atomic E-state index is 4.34. The van der Waals surface area contributed by atoms with Gasteiger partial charge in [0, 0.05) is 38.8 Å². The maximum atomic E-state index is 4.34. The van der Waals surface area contributed by atoms with Gasteiger partial charge in [-0.15, -0.1) is 0 Å². The molecule has 5 nitrogen and oxygen atoms in total. The lowest BCUT2D eigenvalue weighted by molar-refractivity contribution is 0.312. The number of piperazine rings is 1. The van der Waals surface area contributed by atoms with E-state index >= 15 is 0 Å². The van der Waals surface area contributed by atoms with Gasteiger partial charge in [0.2, 0.25) is 0 Å². The number of nitrogens with zero attached hydrogens (tertiary/aromatic N) is 4. The van der Waals surface area contributed by atoms with E-state index < -0.39 is 0 Å². The fourth-order valence-electron chi connectivity index (χ4n) is 1.87. The molecular weight excluding hydrogens is 202 g/mol. The van der Waals surface area contributed by atoms with Gasteiger partial charge in [0.05, 0.1) is 5.69 Å². The molecule has 1 aliphatic rings. The minimum Gasteiger partial charge on any atom is -0.354 e. The summed E-state index contributed by atoms with van der Waals surface area (Å²) in [4.78, 5) is 13.2.